The van der Waals surface area contributed by atoms with Crippen LogP contribution in [0.5, 0.6) is 0 Å². The van der Waals surface area contributed by atoms with Crippen molar-refractivity contribution in [2.24, 2.45) is 0 Å². The summed E-state index contributed by atoms with van der Waals surface area (Å²) in [6, 6.07) is 15.7. The van der Waals surface area contributed by atoms with Crippen LogP contribution in [-0.4, -0.2) is 36.5 Å². The molecule has 0 radical (unpaired) electrons. The predicted octanol–water partition coefficient (Wildman–Crippen LogP) is 4.07. The molecule has 0 spiro atoms. The summed E-state index contributed by atoms with van der Waals surface area (Å²) >= 11 is 1.86. The third-order valence-electron chi connectivity index (χ3n) is 3.09. The van der Waals surface area contributed by atoms with Gasteiger partial charge in [-0.15, -0.1) is 11.8 Å². The largest absolute Gasteiger partial charge is 0.452 e. The molecule has 138 valence electrons. The van der Waals surface area contributed by atoms with Gasteiger partial charge in [-0.25, -0.2) is 4.79 Å². The number of carbonyl (C=O) groups is 2. The van der Waals surface area contributed by atoms with Crippen molar-refractivity contribution < 1.29 is 23.1 Å². The van der Waals surface area contributed by atoms with Crippen LogP contribution in [0.3, 0.4) is 0 Å². The second kappa shape index (κ2) is 10.8. The van der Waals surface area contributed by atoms with Gasteiger partial charge in [-0.3, -0.25) is 4.79 Å². The summed E-state index contributed by atoms with van der Waals surface area (Å²) in [5, 5.41) is 2.64. The molecule has 0 unspecified atom stereocenters. The van der Waals surface area contributed by atoms with Crippen molar-refractivity contribution in [2.75, 3.05) is 18.9 Å². The molecule has 8 heteroatoms. The van der Waals surface area contributed by atoms with Gasteiger partial charge in [0.1, 0.15) is 0 Å². The minimum Gasteiger partial charge on any atom is -0.452 e. The van der Waals surface area contributed by atoms with Crippen LogP contribution in [0.1, 0.15) is 10.4 Å². The van der Waals surface area contributed by atoms with E-state index in [4.69, 9.17) is 4.74 Å². The minimum atomic E-state index is -2.64. The van der Waals surface area contributed by atoms with Crippen molar-refractivity contribution in [3.05, 3.63) is 60.2 Å². The Morgan fingerprint density at radius 2 is 1.73 bits per heavy atom. The normalized spacial score (nSPS) is 10.6. The quantitative estimate of drug-likeness (QED) is 0.393. The first kappa shape index (κ1) is 20.3. The Kier molecular flexibility index (Phi) is 8.43. The lowest BCUT2D eigenvalue weighted by Crippen LogP contribution is -2.30. The summed E-state index contributed by atoms with van der Waals surface area (Å²) in [6.07, 6.45) is 0. The molecule has 2 aromatic rings. The number of nitrogens with one attached hydrogen (secondary N) is 1. The second-order valence-corrected chi connectivity index (χ2v) is 7.16. The van der Waals surface area contributed by atoms with Crippen LogP contribution in [0.4, 0.5) is 8.78 Å². The molecule has 0 saturated carbocycles. The summed E-state index contributed by atoms with van der Waals surface area (Å²) in [5.74, 6) is -3.21. The molecular formula is C18H17F2NO3S2. The van der Waals surface area contributed by atoms with Gasteiger partial charge in [0.2, 0.25) is 0 Å². The molecular weight excluding hydrogens is 380 g/mol. The Balaban J connectivity index is 1.72. The fourth-order valence-electron chi connectivity index (χ4n) is 1.97. The lowest BCUT2D eigenvalue weighted by atomic mass is 10.2. The summed E-state index contributed by atoms with van der Waals surface area (Å²) in [7, 11) is 0. The number of rotatable bonds is 9. The maximum atomic E-state index is 12.5. The lowest BCUT2D eigenvalue weighted by Gasteiger charge is -2.09. The molecule has 0 atom stereocenters. The standard InChI is InChI=1S/C18H17F2NO3S2/c19-18(20)26-15-9-5-4-8-14(15)17(23)24-12-16(22)21-10-11-25-13-6-2-1-3-7-13/h1-9,18H,10-12H2,(H,21,22). The minimum absolute atomic E-state index is 0.0187. The summed E-state index contributed by atoms with van der Waals surface area (Å²) in [4.78, 5) is 24.9. The average molecular weight is 397 g/mol. The van der Waals surface area contributed by atoms with Crippen molar-refractivity contribution in [1.29, 1.82) is 0 Å². The van der Waals surface area contributed by atoms with Gasteiger partial charge in [-0.05, 0) is 24.3 Å². The van der Waals surface area contributed by atoms with Gasteiger partial charge in [0.05, 0.1) is 5.56 Å². The second-order valence-electron chi connectivity index (χ2n) is 4.96. The number of amides is 1. The number of hydrogen-bond donors (Lipinski definition) is 1. The SMILES string of the molecule is O=C(COC(=O)c1ccccc1SC(F)F)NCCSc1ccccc1. The van der Waals surface area contributed by atoms with Crippen LogP contribution in [0.2, 0.25) is 0 Å². The highest BCUT2D eigenvalue weighted by atomic mass is 32.2. The maximum Gasteiger partial charge on any atom is 0.339 e. The molecule has 4 nitrogen and oxygen atoms in total. The number of alkyl halides is 2. The van der Waals surface area contributed by atoms with Gasteiger partial charge < -0.3 is 10.1 Å². The lowest BCUT2D eigenvalue weighted by molar-refractivity contribution is -0.124. The van der Waals surface area contributed by atoms with Crippen molar-refractivity contribution in [3.8, 4) is 0 Å². The molecule has 0 aromatic heterocycles. The van der Waals surface area contributed by atoms with Gasteiger partial charge in [0.15, 0.2) is 6.61 Å². The fourth-order valence-corrected chi connectivity index (χ4v) is 3.39. The van der Waals surface area contributed by atoms with E-state index in [1.165, 1.54) is 12.1 Å². The molecule has 0 bridgehead atoms. The van der Waals surface area contributed by atoms with E-state index in [0.29, 0.717) is 12.3 Å². The number of halogens is 2. The summed E-state index contributed by atoms with van der Waals surface area (Å²) in [6.45, 7) is -0.0315. The molecule has 0 aliphatic carbocycles. The Labute approximate surface area is 158 Å². The highest BCUT2D eigenvalue weighted by molar-refractivity contribution is 7.99. The zero-order valence-corrected chi connectivity index (χ0v) is 15.3. The predicted molar refractivity (Wildman–Crippen MR) is 98.8 cm³/mol. The number of esters is 1. The molecule has 1 N–H and O–H groups in total. The molecule has 2 rings (SSSR count). The zero-order chi connectivity index (χ0) is 18.8. The van der Waals surface area contributed by atoms with Gasteiger partial charge in [-0.1, -0.05) is 42.1 Å². The van der Waals surface area contributed by atoms with E-state index < -0.39 is 24.2 Å². The summed E-state index contributed by atoms with van der Waals surface area (Å²) in [5.41, 5.74) is 0.0187. The van der Waals surface area contributed by atoms with Crippen molar-refractivity contribution >= 4 is 35.4 Å². The van der Waals surface area contributed by atoms with Crippen LogP contribution in [0, 0.1) is 0 Å². The van der Waals surface area contributed by atoms with Crippen LogP contribution in [-0.2, 0) is 9.53 Å². The van der Waals surface area contributed by atoms with Crippen LogP contribution < -0.4 is 5.32 Å². The first-order valence-corrected chi connectivity index (χ1v) is 9.58. The van der Waals surface area contributed by atoms with Gasteiger partial charge in [0.25, 0.3) is 11.7 Å². The third-order valence-corrected chi connectivity index (χ3v) is 4.90. The molecule has 0 aliphatic rings. The van der Waals surface area contributed by atoms with Crippen molar-refractivity contribution in [2.45, 2.75) is 15.5 Å². The van der Waals surface area contributed by atoms with Crippen LogP contribution >= 0.6 is 23.5 Å². The summed E-state index contributed by atoms with van der Waals surface area (Å²) < 4.78 is 29.9. The van der Waals surface area contributed by atoms with Crippen molar-refractivity contribution in [1.82, 2.24) is 5.32 Å². The van der Waals surface area contributed by atoms with E-state index in [9.17, 15) is 18.4 Å². The van der Waals surface area contributed by atoms with E-state index in [0.717, 1.165) is 4.90 Å². The zero-order valence-electron chi connectivity index (χ0n) is 13.7. The molecule has 0 fully saturated rings. The Bertz CT molecular complexity index is 729. The maximum absolute atomic E-state index is 12.5. The fraction of sp³-hybridized carbons (Fsp3) is 0.222. The van der Waals surface area contributed by atoms with Gasteiger partial charge in [0, 0.05) is 22.1 Å². The molecule has 0 aliphatic heterocycles. The number of carbonyl (C=O) groups excluding carboxylic acids is 2. The van der Waals surface area contributed by atoms with E-state index in [2.05, 4.69) is 5.32 Å². The van der Waals surface area contributed by atoms with Crippen LogP contribution in [0.15, 0.2) is 64.4 Å². The Morgan fingerprint density at radius 3 is 2.46 bits per heavy atom. The monoisotopic (exact) mass is 397 g/mol. The van der Waals surface area contributed by atoms with Gasteiger partial charge in [-0.2, -0.15) is 8.78 Å². The first-order chi connectivity index (χ1) is 12.6. The number of ether oxygens (including phenoxy) is 1. The Morgan fingerprint density at radius 1 is 1.04 bits per heavy atom. The van der Waals surface area contributed by atoms with Crippen LogP contribution in [0.25, 0.3) is 0 Å². The smallest absolute Gasteiger partial charge is 0.339 e. The topological polar surface area (TPSA) is 55.4 Å². The molecule has 0 heterocycles. The highest BCUT2D eigenvalue weighted by Crippen LogP contribution is 2.28. The van der Waals surface area contributed by atoms with E-state index in [1.54, 1.807) is 23.9 Å². The number of hydrogen-bond acceptors (Lipinski definition) is 5. The Hall–Kier alpha value is -2.06. The number of thioether (sulfide) groups is 2. The molecule has 1 amide bonds. The molecule has 2 aromatic carbocycles. The van der Waals surface area contributed by atoms with Gasteiger partial charge >= 0.3 is 5.97 Å². The first-order valence-electron chi connectivity index (χ1n) is 7.72. The molecule has 26 heavy (non-hydrogen) atoms. The van der Waals surface area contributed by atoms with E-state index >= 15 is 0 Å². The van der Waals surface area contributed by atoms with Crippen molar-refractivity contribution in [3.63, 3.8) is 0 Å². The molecule has 0 saturated heterocycles. The van der Waals surface area contributed by atoms with E-state index in [-0.39, 0.29) is 22.2 Å². The number of benzene rings is 2. The highest BCUT2D eigenvalue weighted by Gasteiger charge is 2.17. The average Bonchev–Trinajstić information content (AvgIpc) is 2.64. The van der Waals surface area contributed by atoms with E-state index in [1.807, 2.05) is 30.3 Å². The third kappa shape index (κ3) is 7.05.